The predicted octanol–water partition coefficient (Wildman–Crippen LogP) is 5.26. The van der Waals surface area contributed by atoms with Gasteiger partial charge in [-0.3, -0.25) is 4.98 Å². The first-order valence-electron chi connectivity index (χ1n) is 8.58. The fourth-order valence-electron chi connectivity index (χ4n) is 3.14. The lowest BCUT2D eigenvalue weighted by molar-refractivity contribution is 1.19. The molecule has 5 heteroatoms. The number of nitrogens with zero attached hydrogens (tertiary/aromatic N) is 4. The van der Waals surface area contributed by atoms with Gasteiger partial charge in [-0.05, 0) is 53.9 Å². The van der Waals surface area contributed by atoms with Crippen LogP contribution >= 0.6 is 0 Å². The normalized spacial score (nSPS) is 10.6. The maximum Gasteiger partial charge on any atom is 0.187 e. The molecule has 0 aliphatic carbocycles. The van der Waals surface area contributed by atoms with Crippen LogP contribution < -0.4 is 5.32 Å². The van der Waals surface area contributed by atoms with Gasteiger partial charge in [-0.15, -0.1) is 0 Å². The van der Waals surface area contributed by atoms with Crippen LogP contribution in [0.2, 0.25) is 0 Å². The van der Waals surface area contributed by atoms with E-state index in [9.17, 15) is 0 Å². The molecule has 0 radical (unpaired) electrons. The molecule has 0 amide bonds. The molecule has 130 valence electrons. The van der Waals surface area contributed by atoms with Gasteiger partial charge in [0.15, 0.2) is 11.5 Å². The summed E-state index contributed by atoms with van der Waals surface area (Å²) in [7, 11) is 1.86. The van der Waals surface area contributed by atoms with Gasteiger partial charge in [0.2, 0.25) is 0 Å². The molecule has 0 fully saturated rings. The van der Waals surface area contributed by atoms with Gasteiger partial charge < -0.3 is 5.32 Å². The van der Waals surface area contributed by atoms with Crippen molar-refractivity contribution in [3.63, 3.8) is 0 Å². The summed E-state index contributed by atoms with van der Waals surface area (Å²) in [5, 5.41) is 4.14. The number of hydrogen-bond donors (Lipinski definition) is 1. The molecule has 0 bridgehead atoms. The molecule has 2 heterocycles. The van der Waals surface area contributed by atoms with E-state index in [1.807, 2.05) is 50.4 Å². The van der Waals surface area contributed by atoms with Crippen LogP contribution in [-0.4, -0.2) is 22.0 Å². The summed E-state index contributed by atoms with van der Waals surface area (Å²) < 4.78 is 0. The quantitative estimate of drug-likeness (QED) is 0.512. The molecule has 1 N–H and O–H groups in total. The molecule has 0 atom stereocenters. The molecule has 2 aromatic carbocycles. The van der Waals surface area contributed by atoms with E-state index < -0.39 is 0 Å². The number of fused-ring (bicyclic) bond motifs is 1. The number of aryl methyl sites for hydroxylation is 1. The Balaban J connectivity index is 1.94. The topological polar surface area (TPSA) is 55.1 Å². The highest BCUT2D eigenvalue weighted by Gasteiger charge is 2.13. The Bertz CT molecular complexity index is 1180. The second-order valence-corrected chi connectivity index (χ2v) is 6.24. The molecule has 0 unspecified atom stereocenters. The van der Waals surface area contributed by atoms with Crippen molar-refractivity contribution in [2.24, 2.45) is 0 Å². The summed E-state index contributed by atoms with van der Waals surface area (Å²) in [6.07, 6.45) is 3.50. The van der Waals surface area contributed by atoms with Crippen molar-refractivity contribution in [2.45, 2.75) is 6.92 Å². The van der Waals surface area contributed by atoms with E-state index in [1.165, 1.54) is 0 Å². The number of benzene rings is 2. The number of hydrogen-bond acceptors (Lipinski definition) is 4. The van der Waals surface area contributed by atoms with Crippen molar-refractivity contribution in [1.82, 2.24) is 15.0 Å². The second-order valence-electron chi connectivity index (χ2n) is 6.24. The lowest BCUT2D eigenvalue weighted by atomic mass is 9.99. The molecule has 5 nitrogen and oxygen atoms in total. The Morgan fingerprint density at radius 3 is 2.56 bits per heavy atom. The first kappa shape index (κ1) is 16.7. The highest BCUT2D eigenvalue weighted by molar-refractivity contribution is 5.96. The zero-order chi connectivity index (χ0) is 18.8. The number of pyridine rings is 1. The van der Waals surface area contributed by atoms with Gasteiger partial charge in [0.05, 0.1) is 12.1 Å². The number of nitrogens with one attached hydrogen (secondary N) is 1. The third kappa shape index (κ3) is 3.09. The Hall–Kier alpha value is -3.78. The van der Waals surface area contributed by atoms with Crippen LogP contribution in [-0.2, 0) is 0 Å². The van der Waals surface area contributed by atoms with Gasteiger partial charge in [0, 0.05) is 30.4 Å². The Morgan fingerprint density at radius 2 is 1.81 bits per heavy atom. The molecule has 4 rings (SSSR count). The lowest BCUT2D eigenvalue weighted by Crippen LogP contribution is -2.00. The van der Waals surface area contributed by atoms with Crippen molar-refractivity contribution in [1.29, 1.82) is 0 Å². The Kier molecular flexibility index (Phi) is 4.23. The molecule has 0 saturated heterocycles. The van der Waals surface area contributed by atoms with E-state index in [-0.39, 0.29) is 0 Å². The van der Waals surface area contributed by atoms with Gasteiger partial charge in [-0.2, -0.15) is 0 Å². The minimum Gasteiger partial charge on any atom is -0.373 e. The average Bonchev–Trinajstić information content (AvgIpc) is 2.73. The maximum absolute atomic E-state index is 7.24. The summed E-state index contributed by atoms with van der Waals surface area (Å²) >= 11 is 0. The van der Waals surface area contributed by atoms with Gasteiger partial charge in [-0.25, -0.2) is 14.8 Å². The molecule has 4 aromatic rings. The Morgan fingerprint density at radius 1 is 0.963 bits per heavy atom. The SMILES string of the molecule is [C-]#[N+]c1cccc(-c2cc(C)c3nc(-c4cccnc4)nc(NC)c3c2)c1. The van der Waals surface area contributed by atoms with Crippen molar-refractivity contribution in [2.75, 3.05) is 12.4 Å². The maximum atomic E-state index is 7.24. The van der Waals surface area contributed by atoms with Crippen molar-refractivity contribution in [3.8, 4) is 22.5 Å². The number of rotatable bonds is 3. The van der Waals surface area contributed by atoms with Crippen molar-refractivity contribution in [3.05, 3.63) is 77.9 Å². The molecule has 0 aliphatic heterocycles. The van der Waals surface area contributed by atoms with E-state index >= 15 is 0 Å². The smallest absolute Gasteiger partial charge is 0.187 e. The van der Waals surface area contributed by atoms with Gasteiger partial charge in [0.1, 0.15) is 5.82 Å². The summed E-state index contributed by atoms with van der Waals surface area (Å²) in [4.78, 5) is 17.2. The highest BCUT2D eigenvalue weighted by Crippen LogP contribution is 2.32. The fraction of sp³-hybridized carbons (Fsp3) is 0.0909. The van der Waals surface area contributed by atoms with E-state index in [4.69, 9.17) is 11.6 Å². The van der Waals surface area contributed by atoms with Crippen molar-refractivity contribution >= 4 is 22.4 Å². The minimum atomic E-state index is 0.627. The molecule has 0 spiro atoms. The third-order valence-corrected chi connectivity index (χ3v) is 4.46. The highest BCUT2D eigenvalue weighted by atomic mass is 15.0. The summed E-state index contributed by atoms with van der Waals surface area (Å²) in [5.41, 5.74) is 5.51. The monoisotopic (exact) mass is 351 g/mol. The lowest BCUT2D eigenvalue weighted by Gasteiger charge is -2.12. The average molecular weight is 351 g/mol. The summed E-state index contributed by atoms with van der Waals surface area (Å²) in [6, 6.07) is 15.6. The standard InChI is InChI=1S/C22H17N5/c1-14-10-17(15-6-4-8-18(11-15)23-2)12-19-20(14)26-21(27-22(19)24-3)16-7-5-9-25-13-16/h4-13H,1,3H3,(H,24,26,27). The fourth-order valence-corrected chi connectivity index (χ4v) is 3.14. The van der Waals surface area contributed by atoms with Gasteiger partial charge in [-0.1, -0.05) is 18.2 Å². The largest absolute Gasteiger partial charge is 0.373 e. The first-order chi connectivity index (χ1) is 13.2. The third-order valence-electron chi connectivity index (χ3n) is 4.46. The number of anilines is 1. The molecular formula is C22H17N5. The van der Waals surface area contributed by atoms with Crippen LogP contribution in [0.15, 0.2) is 60.9 Å². The van der Waals surface area contributed by atoms with Crippen LogP contribution in [0.5, 0.6) is 0 Å². The van der Waals surface area contributed by atoms with E-state index in [0.717, 1.165) is 39.0 Å². The summed E-state index contributed by atoms with van der Waals surface area (Å²) in [5.74, 6) is 1.41. The zero-order valence-electron chi connectivity index (χ0n) is 15.1. The molecule has 2 aromatic heterocycles. The zero-order valence-corrected chi connectivity index (χ0v) is 15.1. The first-order valence-corrected chi connectivity index (χ1v) is 8.58. The second kappa shape index (κ2) is 6.85. The van der Waals surface area contributed by atoms with Gasteiger partial charge in [0.25, 0.3) is 0 Å². The minimum absolute atomic E-state index is 0.627. The van der Waals surface area contributed by atoms with E-state index in [1.54, 1.807) is 12.4 Å². The van der Waals surface area contributed by atoms with Crippen LogP contribution in [0, 0.1) is 13.5 Å². The van der Waals surface area contributed by atoms with E-state index in [2.05, 4.69) is 32.3 Å². The molecule has 0 saturated carbocycles. The Labute approximate surface area is 157 Å². The van der Waals surface area contributed by atoms with E-state index in [0.29, 0.717) is 11.5 Å². The molecular weight excluding hydrogens is 334 g/mol. The van der Waals surface area contributed by atoms with Crippen LogP contribution in [0.3, 0.4) is 0 Å². The van der Waals surface area contributed by atoms with Crippen LogP contribution in [0.1, 0.15) is 5.56 Å². The van der Waals surface area contributed by atoms with Gasteiger partial charge >= 0.3 is 0 Å². The van der Waals surface area contributed by atoms with Crippen molar-refractivity contribution < 1.29 is 0 Å². The molecule has 0 aliphatic rings. The predicted molar refractivity (Wildman–Crippen MR) is 109 cm³/mol. The molecule has 27 heavy (non-hydrogen) atoms. The van der Waals surface area contributed by atoms with Crippen LogP contribution in [0.4, 0.5) is 11.5 Å². The van der Waals surface area contributed by atoms with Crippen LogP contribution in [0.25, 0.3) is 38.3 Å². The summed E-state index contributed by atoms with van der Waals surface area (Å²) in [6.45, 7) is 9.28. The number of aromatic nitrogens is 3.